The van der Waals surface area contributed by atoms with Crippen LogP contribution in [0, 0.1) is 0 Å². The van der Waals surface area contributed by atoms with E-state index in [0.29, 0.717) is 5.56 Å². The molecule has 2 N–H and O–H groups in total. The molecule has 0 spiro atoms. The summed E-state index contributed by atoms with van der Waals surface area (Å²) in [6, 6.07) is 8.57. The van der Waals surface area contributed by atoms with Gasteiger partial charge in [0.1, 0.15) is 6.61 Å². The molecule has 4 nitrogen and oxygen atoms in total. The molecule has 1 aromatic carbocycles. The minimum Gasteiger partial charge on any atom is -0.459 e. The average Bonchev–Trinajstić information content (AvgIpc) is 2.27. The summed E-state index contributed by atoms with van der Waals surface area (Å²) in [4.78, 5) is 11.5. The third-order valence-corrected chi connectivity index (χ3v) is 2.17. The predicted octanol–water partition coefficient (Wildman–Crippen LogP) is 0.977. The molecule has 1 atom stereocenters. The molecular weight excluding hydrogens is 208 g/mol. The Kier molecular flexibility index (Phi) is 4.46. The van der Waals surface area contributed by atoms with Gasteiger partial charge in [-0.25, -0.2) is 4.79 Å². The molecule has 0 fully saturated rings. The molecule has 0 radical (unpaired) electrons. The highest BCUT2D eigenvalue weighted by Gasteiger charge is 2.22. The quantitative estimate of drug-likeness (QED) is 0.731. The average molecular weight is 224 g/mol. The van der Waals surface area contributed by atoms with Gasteiger partial charge in [-0.2, -0.15) is 0 Å². The molecule has 1 aromatic rings. The van der Waals surface area contributed by atoms with Crippen LogP contribution in [0.15, 0.2) is 30.3 Å². The minimum atomic E-state index is -1.18. The van der Waals surface area contributed by atoms with Gasteiger partial charge in [0.2, 0.25) is 0 Å². The van der Waals surface area contributed by atoms with Crippen molar-refractivity contribution >= 4 is 5.97 Å². The maximum Gasteiger partial charge on any atom is 0.338 e. The van der Waals surface area contributed by atoms with Crippen LogP contribution >= 0.6 is 0 Å². The molecule has 1 rings (SSSR count). The standard InChI is InChI=1S/C12H16O4/c1-12(15,7-8-13)9-16-11(14)10-5-3-2-4-6-10/h2-6,13,15H,7-9H2,1H3/t12-/m0/s1. The van der Waals surface area contributed by atoms with Crippen molar-refractivity contribution in [1.29, 1.82) is 0 Å². The molecule has 0 saturated carbocycles. The SMILES string of the molecule is C[C@](O)(CCO)COC(=O)c1ccccc1. The molecule has 0 aliphatic rings. The zero-order valence-electron chi connectivity index (χ0n) is 9.22. The van der Waals surface area contributed by atoms with Crippen LogP contribution in [0.5, 0.6) is 0 Å². The molecule has 0 aliphatic heterocycles. The Balaban J connectivity index is 2.48. The molecule has 0 aromatic heterocycles. The molecule has 88 valence electrons. The third-order valence-electron chi connectivity index (χ3n) is 2.17. The van der Waals surface area contributed by atoms with Crippen molar-refractivity contribution in [1.82, 2.24) is 0 Å². The predicted molar refractivity (Wildman–Crippen MR) is 59.1 cm³/mol. The summed E-state index contributed by atoms with van der Waals surface area (Å²) in [5.41, 5.74) is -0.735. The van der Waals surface area contributed by atoms with Gasteiger partial charge in [0.25, 0.3) is 0 Å². The molecule has 0 bridgehead atoms. The van der Waals surface area contributed by atoms with Crippen LogP contribution in [-0.4, -0.2) is 35.0 Å². The van der Waals surface area contributed by atoms with Crippen molar-refractivity contribution in [3.05, 3.63) is 35.9 Å². The number of aliphatic hydroxyl groups is 2. The van der Waals surface area contributed by atoms with Gasteiger partial charge >= 0.3 is 5.97 Å². The van der Waals surface area contributed by atoms with Crippen molar-refractivity contribution in [3.63, 3.8) is 0 Å². The number of carbonyl (C=O) groups is 1. The summed E-state index contributed by atoms with van der Waals surface area (Å²) in [5.74, 6) is -0.473. The Bertz CT molecular complexity index is 332. The van der Waals surface area contributed by atoms with Gasteiger partial charge in [0, 0.05) is 13.0 Å². The highest BCUT2D eigenvalue weighted by atomic mass is 16.5. The Morgan fingerprint density at radius 2 is 2.00 bits per heavy atom. The molecule has 0 heterocycles. The van der Waals surface area contributed by atoms with E-state index in [9.17, 15) is 9.90 Å². The van der Waals surface area contributed by atoms with E-state index in [-0.39, 0.29) is 19.6 Å². The Morgan fingerprint density at radius 1 is 1.38 bits per heavy atom. The van der Waals surface area contributed by atoms with E-state index in [1.165, 1.54) is 6.92 Å². The van der Waals surface area contributed by atoms with Crippen LogP contribution in [0.4, 0.5) is 0 Å². The zero-order chi connectivity index (χ0) is 12.0. The second kappa shape index (κ2) is 5.63. The molecule has 0 amide bonds. The maximum atomic E-state index is 11.5. The lowest BCUT2D eigenvalue weighted by Crippen LogP contribution is -2.33. The van der Waals surface area contributed by atoms with Gasteiger partial charge in [-0.3, -0.25) is 0 Å². The van der Waals surface area contributed by atoms with Crippen LogP contribution in [0.2, 0.25) is 0 Å². The fourth-order valence-corrected chi connectivity index (χ4v) is 1.19. The molecule has 0 saturated heterocycles. The summed E-state index contributed by atoms with van der Waals surface area (Å²) >= 11 is 0. The van der Waals surface area contributed by atoms with Gasteiger partial charge in [-0.15, -0.1) is 0 Å². The lowest BCUT2D eigenvalue weighted by atomic mass is 10.1. The highest BCUT2D eigenvalue weighted by molar-refractivity contribution is 5.89. The first kappa shape index (κ1) is 12.7. The second-order valence-corrected chi connectivity index (χ2v) is 3.91. The number of hydrogen-bond acceptors (Lipinski definition) is 4. The summed E-state index contributed by atoms with van der Waals surface area (Å²) in [5, 5.41) is 18.4. The van der Waals surface area contributed by atoms with E-state index in [0.717, 1.165) is 0 Å². The summed E-state index contributed by atoms with van der Waals surface area (Å²) < 4.78 is 4.95. The van der Waals surface area contributed by atoms with Crippen LogP contribution in [0.1, 0.15) is 23.7 Å². The Labute approximate surface area is 94.5 Å². The van der Waals surface area contributed by atoms with E-state index in [2.05, 4.69) is 0 Å². The van der Waals surface area contributed by atoms with Crippen LogP contribution in [0.3, 0.4) is 0 Å². The number of aliphatic hydroxyl groups excluding tert-OH is 1. The van der Waals surface area contributed by atoms with E-state index in [1.807, 2.05) is 0 Å². The smallest absolute Gasteiger partial charge is 0.338 e. The summed E-state index contributed by atoms with van der Waals surface area (Å²) in [7, 11) is 0. The largest absolute Gasteiger partial charge is 0.459 e. The molecule has 4 heteroatoms. The molecule has 0 unspecified atom stereocenters. The van der Waals surface area contributed by atoms with Gasteiger partial charge in [0.05, 0.1) is 11.2 Å². The summed E-state index contributed by atoms with van der Waals surface area (Å²) in [6.07, 6.45) is 0.176. The van der Waals surface area contributed by atoms with Crippen molar-refractivity contribution in [2.24, 2.45) is 0 Å². The number of esters is 1. The van der Waals surface area contributed by atoms with E-state index < -0.39 is 11.6 Å². The Morgan fingerprint density at radius 3 is 2.56 bits per heavy atom. The molecule has 16 heavy (non-hydrogen) atoms. The topological polar surface area (TPSA) is 66.8 Å². The lowest BCUT2D eigenvalue weighted by molar-refractivity contribution is -0.0329. The summed E-state index contributed by atoms with van der Waals surface area (Å²) in [6.45, 7) is 1.25. The molecular formula is C12H16O4. The zero-order valence-corrected chi connectivity index (χ0v) is 9.22. The van der Waals surface area contributed by atoms with Crippen molar-refractivity contribution < 1.29 is 19.7 Å². The minimum absolute atomic E-state index is 0.124. The van der Waals surface area contributed by atoms with E-state index >= 15 is 0 Å². The normalized spacial score (nSPS) is 14.2. The fraction of sp³-hybridized carbons (Fsp3) is 0.417. The van der Waals surface area contributed by atoms with Gasteiger partial charge in [0.15, 0.2) is 0 Å². The third kappa shape index (κ3) is 4.00. The first-order chi connectivity index (χ1) is 7.55. The lowest BCUT2D eigenvalue weighted by Gasteiger charge is -2.21. The second-order valence-electron chi connectivity index (χ2n) is 3.91. The van der Waals surface area contributed by atoms with Crippen molar-refractivity contribution in [2.45, 2.75) is 18.9 Å². The first-order valence-electron chi connectivity index (χ1n) is 5.10. The highest BCUT2D eigenvalue weighted by Crippen LogP contribution is 2.10. The van der Waals surface area contributed by atoms with Crippen LogP contribution in [-0.2, 0) is 4.74 Å². The van der Waals surface area contributed by atoms with Gasteiger partial charge in [-0.05, 0) is 19.1 Å². The van der Waals surface area contributed by atoms with Gasteiger partial charge in [-0.1, -0.05) is 18.2 Å². The number of carbonyl (C=O) groups excluding carboxylic acids is 1. The van der Waals surface area contributed by atoms with Crippen LogP contribution < -0.4 is 0 Å². The fourth-order valence-electron chi connectivity index (χ4n) is 1.19. The number of benzene rings is 1. The van der Waals surface area contributed by atoms with E-state index in [1.54, 1.807) is 30.3 Å². The molecule has 0 aliphatic carbocycles. The number of ether oxygens (including phenoxy) is 1. The van der Waals surface area contributed by atoms with E-state index in [4.69, 9.17) is 9.84 Å². The number of hydrogen-bond donors (Lipinski definition) is 2. The monoisotopic (exact) mass is 224 g/mol. The van der Waals surface area contributed by atoms with Crippen molar-refractivity contribution in [2.75, 3.05) is 13.2 Å². The van der Waals surface area contributed by atoms with Crippen molar-refractivity contribution in [3.8, 4) is 0 Å². The van der Waals surface area contributed by atoms with Gasteiger partial charge < -0.3 is 14.9 Å². The first-order valence-corrected chi connectivity index (χ1v) is 5.10. The maximum absolute atomic E-state index is 11.5. The Hall–Kier alpha value is -1.39. The van der Waals surface area contributed by atoms with Crippen LogP contribution in [0.25, 0.3) is 0 Å². The number of rotatable bonds is 5.